The highest BCUT2D eigenvalue weighted by Crippen LogP contribution is 2.22. The summed E-state index contributed by atoms with van der Waals surface area (Å²) in [7, 11) is 1.60. The minimum atomic E-state index is -0.981. The van der Waals surface area contributed by atoms with E-state index in [1.54, 1.807) is 13.2 Å². The van der Waals surface area contributed by atoms with Gasteiger partial charge < -0.3 is 14.9 Å². The van der Waals surface area contributed by atoms with Crippen LogP contribution in [0.5, 0.6) is 5.75 Å². The third kappa shape index (κ3) is 6.84. The van der Waals surface area contributed by atoms with Crippen LogP contribution in [0.1, 0.15) is 38.3 Å². The first-order chi connectivity index (χ1) is 11.3. The lowest BCUT2D eigenvalue weighted by atomic mass is 10.0. The lowest BCUT2D eigenvalue weighted by molar-refractivity contribution is -0.131. The first-order valence-electron chi connectivity index (χ1n) is 7.89. The number of carboxylic acids is 1. The number of methoxy groups -OCH3 is 1. The zero-order valence-corrected chi connectivity index (χ0v) is 14.7. The van der Waals surface area contributed by atoms with Crippen molar-refractivity contribution in [3.63, 3.8) is 0 Å². The molecule has 0 amide bonds. The molecule has 1 rings (SSSR count). The number of rotatable bonds is 8. The Bertz CT molecular complexity index is 650. The molecule has 0 radical (unpaired) electrons. The first kappa shape index (κ1) is 19.7. The molecule has 130 valence electrons. The predicted octanol–water partition coefficient (Wildman–Crippen LogP) is 4.00. The summed E-state index contributed by atoms with van der Waals surface area (Å²) in [5.41, 5.74) is 3.82. The van der Waals surface area contributed by atoms with Crippen LogP contribution in [-0.4, -0.2) is 29.4 Å². The van der Waals surface area contributed by atoms with Gasteiger partial charge in [0.1, 0.15) is 5.75 Å². The number of allylic oxidation sites excluding steroid dienone is 2. The number of carbonyl (C=O) groups is 1. The van der Waals surface area contributed by atoms with E-state index in [-0.39, 0.29) is 0 Å². The SMILES string of the molecule is COc1ccc(/C=C/C(=O)O)cc1C/C=C(\C)[C@H](O)CC=C(C)C. The van der Waals surface area contributed by atoms with Gasteiger partial charge in [-0.1, -0.05) is 23.8 Å². The van der Waals surface area contributed by atoms with E-state index in [1.165, 1.54) is 5.57 Å². The molecule has 0 fully saturated rings. The zero-order chi connectivity index (χ0) is 18.1. The second-order valence-electron chi connectivity index (χ2n) is 5.93. The summed E-state index contributed by atoms with van der Waals surface area (Å²) in [6.07, 6.45) is 7.35. The van der Waals surface area contributed by atoms with Crippen LogP contribution in [0.15, 0.2) is 47.6 Å². The molecule has 0 aliphatic carbocycles. The van der Waals surface area contributed by atoms with Crippen LogP contribution in [0.25, 0.3) is 6.08 Å². The summed E-state index contributed by atoms with van der Waals surface area (Å²) < 4.78 is 5.36. The van der Waals surface area contributed by atoms with E-state index in [2.05, 4.69) is 0 Å². The van der Waals surface area contributed by atoms with Crippen molar-refractivity contribution in [2.75, 3.05) is 7.11 Å². The van der Waals surface area contributed by atoms with E-state index in [0.717, 1.165) is 28.5 Å². The summed E-state index contributed by atoms with van der Waals surface area (Å²) in [6, 6.07) is 5.52. The van der Waals surface area contributed by atoms with E-state index in [0.29, 0.717) is 12.8 Å². The van der Waals surface area contributed by atoms with Crippen molar-refractivity contribution in [2.45, 2.75) is 39.7 Å². The predicted molar refractivity (Wildman–Crippen MR) is 97.2 cm³/mol. The fraction of sp³-hybridized carbons (Fsp3) is 0.350. The highest BCUT2D eigenvalue weighted by molar-refractivity contribution is 5.85. The fourth-order valence-corrected chi connectivity index (χ4v) is 2.17. The van der Waals surface area contributed by atoms with Gasteiger partial charge in [-0.2, -0.15) is 0 Å². The second-order valence-corrected chi connectivity index (χ2v) is 5.93. The fourth-order valence-electron chi connectivity index (χ4n) is 2.17. The normalized spacial score (nSPS) is 13.0. The van der Waals surface area contributed by atoms with Gasteiger partial charge in [0.25, 0.3) is 0 Å². The Morgan fingerprint density at radius 1 is 1.25 bits per heavy atom. The van der Waals surface area contributed by atoms with Crippen LogP contribution in [0.4, 0.5) is 0 Å². The number of ether oxygens (including phenoxy) is 1. The lowest BCUT2D eigenvalue weighted by Crippen LogP contribution is -2.07. The number of hydrogen-bond acceptors (Lipinski definition) is 3. The molecule has 0 aliphatic heterocycles. The molecule has 0 unspecified atom stereocenters. The van der Waals surface area contributed by atoms with Gasteiger partial charge in [-0.25, -0.2) is 4.79 Å². The first-order valence-corrected chi connectivity index (χ1v) is 7.89. The Hall–Kier alpha value is -2.33. The molecule has 0 saturated heterocycles. The Balaban J connectivity index is 2.91. The van der Waals surface area contributed by atoms with E-state index in [9.17, 15) is 9.90 Å². The molecule has 1 atom stereocenters. The van der Waals surface area contributed by atoms with Gasteiger partial charge >= 0.3 is 5.97 Å². The molecule has 4 heteroatoms. The maximum atomic E-state index is 10.6. The molecule has 1 aromatic rings. The molecule has 1 aromatic carbocycles. The van der Waals surface area contributed by atoms with Crippen LogP contribution in [0, 0.1) is 0 Å². The minimum absolute atomic E-state index is 0.499. The average Bonchev–Trinajstić information content (AvgIpc) is 2.55. The van der Waals surface area contributed by atoms with Crippen LogP contribution in [0.3, 0.4) is 0 Å². The molecule has 0 aliphatic rings. The average molecular weight is 330 g/mol. The van der Waals surface area contributed by atoms with Gasteiger partial charge in [0.2, 0.25) is 0 Å². The van der Waals surface area contributed by atoms with Crippen LogP contribution < -0.4 is 4.74 Å². The Labute approximate surface area is 143 Å². The number of aliphatic hydroxyl groups excluding tert-OH is 1. The van der Waals surface area contributed by atoms with E-state index in [4.69, 9.17) is 9.84 Å². The molecule has 0 spiro atoms. The molecule has 0 aromatic heterocycles. The molecular weight excluding hydrogens is 304 g/mol. The van der Waals surface area contributed by atoms with Crippen LogP contribution in [-0.2, 0) is 11.2 Å². The topological polar surface area (TPSA) is 66.8 Å². The third-order valence-electron chi connectivity index (χ3n) is 3.64. The molecular formula is C20H26O4. The number of aliphatic carboxylic acids is 1. The van der Waals surface area contributed by atoms with Gasteiger partial charge in [0.15, 0.2) is 0 Å². The Morgan fingerprint density at radius 3 is 2.54 bits per heavy atom. The second kappa shape index (κ2) is 9.73. The molecule has 2 N–H and O–H groups in total. The maximum absolute atomic E-state index is 10.6. The highest BCUT2D eigenvalue weighted by atomic mass is 16.5. The van der Waals surface area contributed by atoms with Crippen molar-refractivity contribution < 1.29 is 19.7 Å². The van der Waals surface area contributed by atoms with Gasteiger partial charge in [-0.3, -0.25) is 0 Å². The van der Waals surface area contributed by atoms with Crippen molar-refractivity contribution in [3.8, 4) is 5.75 Å². The zero-order valence-electron chi connectivity index (χ0n) is 14.7. The van der Waals surface area contributed by atoms with Crippen molar-refractivity contribution in [1.29, 1.82) is 0 Å². The van der Waals surface area contributed by atoms with E-state index < -0.39 is 12.1 Å². The maximum Gasteiger partial charge on any atom is 0.328 e. The molecule has 0 bridgehead atoms. The van der Waals surface area contributed by atoms with Gasteiger partial charge in [0.05, 0.1) is 13.2 Å². The van der Waals surface area contributed by atoms with E-state index >= 15 is 0 Å². The number of hydrogen-bond donors (Lipinski definition) is 2. The number of aliphatic hydroxyl groups is 1. The summed E-state index contributed by atoms with van der Waals surface area (Å²) in [6.45, 7) is 5.92. The standard InChI is InChI=1S/C20H26O4/c1-14(2)5-10-18(21)15(3)6-9-17-13-16(8-12-20(22)23)7-11-19(17)24-4/h5-8,11-13,18,21H,9-10H2,1-4H3,(H,22,23)/b12-8+,15-6+/t18-/m1/s1. The van der Waals surface area contributed by atoms with Gasteiger partial charge in [-0.05, 0) is 68.5 Å². The quantitative estimate of drug-likeness (QED) is 0.558. The van der Waals surface area contributed by atoms with Crippen molar-refractivity contribution in [1.82, 2.24) is 0 Å². The van der Waals surface area contributed by atoms with Crippen molar-refractivity contribution >= 4 is 12.0 Å². The summed E-state index contributed by atoms with van der Waals surface area (Å²) in [4.78, 5) is 10.6. The Morgan fingerprint density at radius 2 is 1.96 bits per heavy atom. The number of benzene rings is 1. The van der Waals surface area contributed by atoms with E-state index in [1.807, 2.05) is 51.1 Å². The summed E-state index contributed by atoms with van der Waals surface area (Å²) in [5.74, 6) is -0.240. The van der Waals surface area contributed by atoms with Gasteiger partial charge in [0, 0.05) is 6.08 Å². The van der Waals surface area contributed by atoms with Crippen molar-refractivity contribution in [3.05, 3.63) is 58.7 Å². The third-order valence-corrected chi connectivity index (χ3v) is 3.64. The lowest BCUT2D eigenvalue weighted by Gasteiger charge is -2.11. The molecule has 0 heterocycles. The van der Waals surface area contributed by atoms with Crippen LogP contribution in [0.2, 0.25) is 0 Å². The largest absolute Gasteiger partial charge is 0.496 e. The number of carboxylic acid groups (broad SMARTS) is 1. The Kier molecular flexibility index (Phi) is 7.99. The summed E-state index contributed by atoms with van der Waals surface area (Å²) in [5, 5.41) is 18.9. The molecule has 0 saturated carbocycles. The van der Waals surface area contributed by atoms with Crippen LogP contribution >= 0.6 is 0 Å². The smallest absolute Gasteiger partial charge is 0.328 e. The van der Waals surface area contributed by atoms with Gasteiger partial charge in [-0.15, -0.1) is 0 Å². The summed E-state index contributed by atoms with van der Waals surface area (Å²) >= 11 is 0. The monoisotopic (exact) mass is 330 g/mol. The molecule has 24 heavy (non-hydrogen) atoms. The van der Waals surface area contributed by atoms with Crippen molar-refractivity contribution in [2.24, 2.45) is 0 Å². The minimum Gasteiger partial charge on any atom is -0.496 e. The molecule has 4 nitrogen and oxygen atoms in total. The highest BCUT2D eigenvalue weighted by Gasteiger charge is 2.07.